The fourth-order valence-corrected chi connectivity index (χ4v) is 7.94. The average Bonchev–Trinajstić information content (AvgIpc) is 3.29. The van der Waals surface area contributed by atoms with Gasteiger partial charge in [0.15, 0.2) is 17.5 Å². The molecule has 3 heterocycles. The van der Waals surface area contributed by atoms with Crippen LogP contribution in [-0.2, 0) is 0 Å². The largest absolute Gasteiger partial charge is 0.372 e. The Balaban J connectivity index is 1.15. The second kappa shape index (κ2) is 14.9. The second-order valence-corrected chi connectivity index (χ2v) is 14.9. The molecule has 58 heavy (non-hydrogen) atoms. The van der Waals surface area contributed by atoms with Gasteiger partial charge in [-0.1, -0.05) is 164 Å². The molecule has 0 amide bonds. The summed E-state index contributed by atoms with van der Waals surface area (Å²) >= 11 is 0. The normalized spacial score (nSPS) is 13.2. The third kappa shape index (κ3) is 6.73. The van der Waals surface area contributed by atoms with E-state index in [1.165, 1.54) is 27.8 Å². The maximum atomic E-state index is 5.42. The SMILES string of the molecule is Cc1ccccc1-c1ccc(-c2cc(-c3ccc4ccc5c(c4n3)NC(c3ccccc3)C=C5)cc(-c3nc(-c4ccccc4)nc(-c4ccccc4)n3)c2)cc1C. The van der Waals surface area contributed by atoms with Crippen LogP contribution in [0.25, 0.3) is 84.7 Å². The highest BCUT2D eigenvalue weighted by Gasteiger charge is 2.20. The topological polar surface area (TPSA) is 63.6 Å². The van der Waals surface area contributed by atoms with Crippen molar-refractivity contribution in [2.24, 2.45) is 0 Å². The van der Waals surface area contributed by atoms with Crippen LogP contribution in [0.4, 0.5) is 5.69 Å². The smallest absolute Gasteiger partial charge is 0.164 e. The van der Waals surface area contributed by atoms with Crippen LogP contribution in [0.1, 0.15) is 28.3 Å². The lowest BCUT2D eigenvalue weighted by Crippen LogP contribution is -2.12. The Hall–Kier alpha value is -7.50. The Kier molecular flexibility index (Phi) is 8.96. The first kappa shape index (κ1) is 35.0. The van der Waals surface area contributed by atoms with Crippen LogP contribution < -0.4 is 5.32 Å². The van der Waals surface area contributed by atoms with Gasteiger partial charge in [-0.2, -0.15) is 0 Å². The fraction of sp³-hybridized carbons (Fsp3) is 0.0566. The molecule has 2 aromatic heterocycles. The average molecular weight is 746 g/mol. The number of benzene rings is 7. The van der Waals surface area contributed by atoms with Crippen LogP contribution in [0.3, 0.4) is 0 Å². The Bertz CT molecular complexity index is 2940. The van der Waals surface area contributed by atoms with E-state index >= 15 is 0 Å². The highest BCUT2D eigenvalue weighted by molar-refractivity contribution is 5.98. The van der Waals surface area contributed by atoms with Gasteiger partial charge in [-0.05, 0) is 82.6 Å². The molecule has 9 aromatic rings. The van der Waals surface area contributed by atoms with E-state index in [4.69, 9.17) is 19.9 Å². The predicted octanol–water partition coefficient (Wildman–Crippen LogP) is 13.2. The van der Waals surface area contributed by atoms with Gasteiger partial charge in [0.05, 0.1) is 22.9 Å². The first-order valence-corrected chi connectivity index (χ1v) is 19.7. The molecule has 0 spiro atoms. The van der Waals surface area contributed by atoms with Crippen LogP contribution in [0, 0.1) is 13.8 Å². The monoisotopic (exact) mass is 745 g/mol. The number of fused-ring (bicyclic) bond motifs is 3. The van der Waals surface area contributed by atoms with Crippen molar-refractivity contribution in [3.63, 3.8) is 0 Å². The zero-order valence-corrected chi connectivity index (χ0v) is 32.3. The Morgan fingerprint density at radius 3 is 1.71 bits per heavy atom. The molecule has 7 aromatic carbocycles. The van der Waals surface area contributed by atoms with Gasteiger partial charge >= 0.3 is 0 Å². The number of hydrogen-bond acceptors (Lipinski definition) is 5. The maximum Gasteiger partial charge on any atom is 0.164 e. The van der Waals surface area contributed by atoms with Crippen molar-refractivity contribution in [1.29, 1.82) is 0 Å². The minimum Gasteiger partial charge on any atom is -0.372 e. The summed E-state index contributed by atoms with van der Waals surface area (Å²) in [5.74, 6) is 1.84. The Morgan fingerprint density at radius 2 is 1.02 bits per heavy atom. The maximum absolute atomic E-state index is 5.42. The van der Waals surface area contributed by atoms with Crippen molar-refractivity contribution in [2.45, 2.75) is 19.9 Å². The van der Waals surface area contributed by atoms with Gasteiger partial charge < -0.3 is 5.32 Å². The molecule has 1 atom stereocenters. The molecule has 0 aliphatic carbocycles. The van der Waals surface area contributed by atoms with Crippen molar-refractivity contribution in [2.75, 3.05) is 5.32 Å². The lowest BCUT2D eigenvalue weighted by atomic mass is 9.92. The van der Waals surface area contributed by atoms with E-state index < -0.39 is 0 Å². The van der Waals surface area contributed by atoms with Crippen molar-refractivity contribution in [3.8, 4) is 67.7 Å². The molecule has 0 saturated carbocycles. The molecule has 0 fully saturated rings. The van der Waals surface area contributed by atoms with E-state index in [0.29, 0.717) is 17.5 Å². The molecule has 0 radical (unpaired) electrons. The third-order valence-electron chi connectivity index (χ3n) is 11.0. The predicted molar refractivity (Wildman–Crippen MR) is 239 cm³/mol. The van der Waals surface area contributed by atoms with E-state index in [2.05, 4.69) is 147 Å². The number of nitrogens with one attached hydrogen (secondary N) is 1. The minimum absolute atomic E-state index is 0.0482. The fourth-order valence-electron chi connectivity index (χ4n) is 7.94. The molecule has 0 saturated heterocycles. The van der Waals surface area contributed by atoms with Gasteiger partial charge in [0, 0.05) is 27.6 Å². The summed E-state index contributed by atoms with van der Waals surface area (Å²) in [6.07, 6.45) is 4.42. The summed E-state index contributed by atoms with van der Waals surface area (Å²) < 4.78 is 0. The summed E-state index contributed by atoms with van der Waals surface area (Å²) in [6, 6.07) is 61.4. The zero-order valence-electron chi connectivity index (χ0n) is 32.3. The number of anilines is 1. The van der Waals surface area contributed by atoms with E-state index in [0.717, 1.165) is 61.2 Å². The lowest BCUT2D eigenvalue weighted by molar-refractivity contribution is 0.981. The van der Waals surface area contributed by atoms with E-state index in [9.17, 15) is 0 Å². The summed E-state index contributed by atoms with van der Waals surface area (Å²) in [6.45, 7) is 4.36. The number of rotatable bonds is 7. The first-order chi connectivity index (χ1) is 28.5. The molecule has 0 bridgehead atoms. The van der Waals surface area contributed by atoms with Crippen LogP contribution in [0.5, 0.6) is 0 Å². The summed E-state index contributed by atoms with van der Waals surface area (Å²) in [5.41, 5.74) is 16.0. The number of aryl methyl sites for hydroxylation is 2. The van der Waals surface area contributed by atoms with Crippen molar-refractivity contribution in [1.82, 2.24) is 19.9 Å². The minimum atomic E-state index is 0.0482. The van der Waals surface area contributed by atoms with E-state index in [1.54, 1.807) is 0 Å². The van der Waals surface area contributed by atoms with Crippen LogP contribution in [-0.4, -0.2) is 19.9 Å². The van der Waals surface area contributed by atoms with E-state index in [-0.39, 0.29) is 6.04 Å². The quantitative estimate of drug-likeness (QED) is 0.176. The summed E-state index contributed by atoms with van der Waals surface area (Å²) in [5, 5.41) is 4.88. The van der Waals surface area contributed by atoms with Crippen molar-refractivity contribution >= 4 is 22.7 Å². The van der Waals surface area contributed by atoms with Gasteiger partial charge in [0.2, 0.25) is 0 Å². The number of aromatic nitrogens is 4. The Labute approximate surface area is 338 Å². The van der Waals surface area contributed by atoms with E-state index in [1.807, 2.05) is 60.7 Å². The Morgan fingerprint density at radius 1 is 0.431 bits per heavy atom. The standard InChI is InChI=1S/C53H39N5/c1-34-14-12-13-21-45(34)46-27-24-41(30-35(46)2)42-31-43(48-29-26-38-23-22-37-25-28-47(36-15-6-3-7-16-36)54-49(37)50(38)55-48)33-44(32-42)53-57-51(39-17-8-4-9-18-39)56-52(58-53)40-19-10-5-11-20-40/h3-33,47,54H,1-2H3. The van der Waals surface area contributed by atoms with Gasteiger partial charge in [-0.15, -0.1) is 0 Å². The number of pyridine rings is 1. The molecule has 1 unspecified atom stereocenters. The third-order valence-corrected chi connectivity index (χ3v) is 11.0. The zero-order chi connectivity index (χ0) is 39.0. The molecule has 5 heteroatoms. The van der Waals surface area contributed by atoms with Crippen LogP contribution in [0.15, 0.2) is 182 Å². The van der Waals surface area contributed by atoms with Crippen molar-refractivity contribution in [3.05, 3.63) is 204 Å². The van der Waals surface area contributed by atoms with Crippen molar-refractivity contribution < 1.29 is 0 Å². The highest BCUT2D eigenvalue weighted by atomic mass is 15.0. The molecule has 5 nitrogen and oxygen atoms in total. The van der Waals surface area contributed by atoms with Gasteiger partial charge in [0.1, 0.15) is 0 Å². The highest BCUT2D eigenvalue weighted by Crippen LogP contribution is 2.39. The molecule has 1 aliphatic rings. The summed E-state index contributed by atoms with van der Waals surface area (Å²) in [7, 11) is 0. The molecule has 1 N–H and O–H groups in total. The summed E-state index contributed by atoms with van der Waals surface area (Å²) in [4.78, 5) is 20.7. The molecular weight excluding hydrogens is 707 g/mol. The molecule has 276 valence electrons. The lowest BCUT2D eigenvalue weighted by Gasteiger charge is -2.24. The van der Waals surface area contributed by atoms with Gasteiger partial charge in [-0.3, -0.25) is 0 Å². The first-order valence-electron chi connectivity index (χ1n) is 19.7. The second-order valence-electron chi connectivity index (χ2n) is 14.9. The molecule has 1 aliphatic heterocycles. The molecule has 10 rings (SSSR count). The van der Waals surface area contributed by atoms with Crippen LogP contribution >= 0.6 is 0 Å². The van der Waals surface area contributed by atoms with Crippen LogP contribution in [0.2, 0.25) is 0 Å². The number of hydrogen-bond donors (Lipinski definition) is 1. The van der Waals surface area contributed by atoms with Gasteiger partial charge in [-0.25, -0.2) is 19.9 Å². The molecular formula is C53H39N5. The van der Waals surface area contributed by atoms with Gasteiger partial charge in [0.25, 0.3) is 0 Å². The number of nitrogens with zero attached hydrogens (tertiary/aromatic N) is 4.